The van der Waals surface area contributed by atoms with Crippen molar-refractivity contribution in [1.29, 1.82) is 0 Å². The molecule has 1 heterocycles. The summed E-state index contributed by atoms with van der Waals surface area (Å²) < 4.78 is 39.8. The van der Waals surface area contributed by atoms with Gasteiger partial charge in [0.2, 0.25) is 0 Å². The summed E-state index contributed by atoms with van der Waals surface area (Å²) in [4.78, 5) is 2.08. The van der Waals surface area contributed by atoms with Crippen LogP contribution in [0.3, 0.4) is 0 Å². The van der Waals surface area contributed by atoms with Crippen LogP contribution in [-0.4, -0.2) is 48.2 Å². The lowest BCUT2D eigenvalue weighted by molar-refractivity contribution is -0.325. The van der Waals surface area contributed by atoms with Gasteiger partial charge < -0.3 is 5.11 Å². The van der Waals surface area contributed by atoms with Gasteiger partial charge in [-0.3, -0.25) is 9.64 Å². The molecule has 0 spiro atoms. The van der Waals surface area contributed by atoms with Crippen molar-refractivity contribution in [3.63, 3.8) is 0 Å². The number of nitrogens with zero attached hydrogens (tertiary/aromatic N) is 1. The molecule has 3 nitrogen and oxygen atoms in total. The molecule has 0 aromatic rings. The second-order valence-electron chi connectivity index (χ2n) is 5.56. The van der Waals surface area contributed by atoms with E-state index in [0.717, 1.165) is 45.1 Å². The van der Waals surface area contributed by atoms with Crippen molar-refractivity contribution in [2.24, 2.45) is 5.92 Å². The largest absolute Gasteiger partial charge is 0.522 e. The standard InChI is InChI=1S/C13H22F3NO2/c14-13(15,16)19-9-8-17-7-2-1-5-11(17)10-4-3-6-12(10)18/h10-12,18H,1-9H2. The van der Waals surface area contributed by atoms with E-state index in [0.29, 0.717) is 6.54 Å². The molecule has 1 saturated heterocycles. The van der Waals surface area contributed by atoms with Crippen molar-refractivity contribution >= 4 is 0 Å². The SMILES string of the molecule is OC1CCCC1C1CCCCN1CCOC(F)(F)F. The number of likely N-dealkylation sites (tertiary alicyclic amines) is 1. The third kappa shape index (κ3) is 4.33. The van der Waals surface area contributed by atoms with Gasteiger partial charge in [-0.05, 0) is 32.2 Å². The van der Waals surface area contributed by atoms with Crippen LogP contribution in [0.4, 0.5) is 13.2 Å². The summed E-state index contributed by atoms with van der Waals surface area (Å²) in [6.07, 6.45) is 1.11. The van der Waals surface area contributed by atoms with Crippen molar-refractivity contribution in [3.05, 3.63) is 0 Å². The average molecular weight is 281 g/mol. The molecule has 3 unspecified atom stereocenters. The number of rotatable bonds is 4. The normalized spacial score (nSPS) is 33.8. The zero-order chi connectivity index (χ0) is 13.9. The minimum Gasteiger partial charge on any atom is -0.393 e. The van der Waals surface area contributed by atoms with Gasteiger partial charge in [0, 0.05) is 18.5 Å². The Morgan fingerprint density at radius 2 is 1.89 bits per heavy atom. The van der Waals surface area contributed by atoms with Crippen molar-refractivity contribution in [3.8, 4) is 0 Å². The minimum absolute atomic E-state index is 0.225. The van der Waals surface area contributed by atoms with Gasteiger partial charge in [0.25, 0.3) is 0 Å². The van der Waals surface area contributed by atoms with E-state index in [1.165, 1.54) is 0 Å². The molecule has 19 heavy (non-hydrogen) atoms. The second-order valence-corrected chi connectivity index (χ2v) is 5.56. The lowest BCUT2D eigenvalue weighted by Crippen LogP contribution is -2.47. The first-order valence-corrected chi connectivity index (χ1v) is 7.10. The molecule has 1 saturated carbocycles. The number of alkyl halides is 3. The number of aliphatic hydroxyl groups is 1. The maximum absolute atomic E-state index is 12.0. The van der Waals surface area contributed by atoms with E-state index in [1.54, 1.807) is 0 Å². The molecular formula is C13H22F3NO2. The molecule has 0 aromatic carbocycles. The van der Waals surface area contributed by atoms with Crippen LogP contribution in [-0.2, 0) is 4.74 Å². The fraction of sp³-hybridized carbons (Fsp3) is 1.00. The monoisotopic (exact) mass is 281 g/mol. The molecule has 1 N–H and O–H groups in total. The number of piperidine rings is 1. The highest BCUT2D eigenvalue weighted by atomic mass is 19.4. The number of hydrogen-bond donors (Lipinski definition) is 1. The number of halogens is 3. The average Bonchev–Trinajstić information content (AvgIpc) is 2.74. The van der Waals surface area contributed by atoms with Crippen LogP contribution in [0.5, 0.6) is 0 Å². The first kappa shape index (κ1) is 15.1. The van der Waals surface area contributed by atoms with Crippen LogP contribution < -0.4 is 0 Å². The maximum atomic E-state index is 12.0. The molecule has 2 rings (SSSR count). The zero-order valence-electron chi connectivity index (χ0n) is 11.0. The predicted octanol–water partition coefficient (Wildman–Crippen LogP) is 2.54. The number of ether oxygens (including phenoxy) is 1. The van der Waals surface area contributed by atoms with Gasteiger partial charge in [0.15, 0.2) is 0 Å². The summed E-state index contributed by atoms with van der Waals surface area (Å²) in [5, 5.41) is 9.98. The van der Waals surface area contributed by atoms with E-state index in [9.17, 15) is 18.3 Å². The van der Waals surface area contributed by atoms with Crippen molar-refractivity contribution in [2.75, 3.05) is 19.7 Å². The lowest BCUT2D eigenvalue weighted by atomic mass is 9.88. The summed E-state index contributed by atoms with van der Waals surface area (Å²) in [5.41, 5.74) is 0. The molecule has 0 amide bonds. The van der Waals surface area contributed by atoms with E-state index in [-0.39, 0.29) is 24.7 Å². The molecule has 1 aliphatic carbocycles. The van der Waals surface area contributed by atoms with E-state index in [2.05, 4.69) is 9.64 Å². The van der Waals surface area contributed by atoms with Gasteiger partial charge in [-0.2, -0.15) is 0 Å². The number of aliphatic hydroxyl groups excluding tert-OH is 1. The van der Waals surface area contributed by atoms with Gasteiger partial charge in [-0.25, -0.2) is 0 Å². The van der Waals surface area contributed by atoms with Gasteiger partial charge in [-0.15, -0.1) is 13.2 Å². The predicted molar refractivity (Wildman–Crippen MR) is 64.6 cm³/mol. The highest BCUT2D eigenvalue weighted by Crippen LogP contribution is 2.35. The zero-order valence-corrected chi connectivity index (χ0v) is 11.0. The molecular weight excluding hydrogens is 259 g/mol. The highest BCUT2D eigenvalue weighted by Gasteiger charge is 2.37. The second kappa shape index (κ2) is 6.41. The first-order chi connectivity index (χ1) is 8.97. The Balaban J connectivity index is 1.85. The summed E-state index contributed by atoms with van der Waals surface area (Å²) >= 11 is 0. The van der Waals surface area contributed by atoms with E-state index < -0.39 is 6.36 Å². The van der Waals surface area contributed by atoms with Gasteiger partial charge >= 0.3 is 6.36 Å². The van der Waals surface area contributed by atoms with Crippen LogP contribution in [0.15, 0.2) is 0 Å². The molecule has 0 radical (unpaired) electrons. The number of hydrogen-bond acceptors (Lipinski definition) is 3. The molecule has 3 atom stereocenters. The Morgan fingerprint density at radius 3 is 2.53 bits per heavy atom. The van der Waals surface area contributed by atoms with Crippen LogP contribution in [0.2, 0.25) is 0 Å². The fourth-order valence-electron chi connectivity index (χ4n) is 3.48. The third-order valence-electron chi connectivity index (χ3n) is 4.33. The van der Waals surface area contributed by atoms with E-state index in [1.807, 2.05) is 0 Å². The van der Waals surface area contributed by atoms with Gasteiger partial charge in [0.1, 0.15) is 0 Å². The molecule has 6 heteroatoms. The van der Waals surface area contributed by atoms with Crippen molar-refractivity contribution < 1.29 is 23.0 Å². The Labute approximate surface area is 111 Å². The van der Waals surface area contributed by atoms with E-state index in [4.69, 9.17) is 0 Å². The topological polar surface area (TPSA) is 32.7 Å². The van der Waals surface area contributed by atoms with E-state index >= 15 is 0 Å². The Hall–Kier alpha value is -0.330. The summed E-state index contributed by atoms with van der Waals surface area (Å²) in [5.74, 6) is 0.228. The minimum atomic E-state index is -4.54. The summed E-state index contributed by atoms with van der Waals surface area (Å²) in [6.45, 7) is 0.797. The quantitative estimate of drug-likeness (QED) is 0.859. The Bertz CT molecular complexity index is 286. The van der Waals surface area contributed by atoms with Crippen LogP contribution in [0, 0.1) is 5.92 Å². The van der Waals surface area contributed by atoms with Crippen molar-refractivity contribution in [1.82, 2.24) is 4.90 Å². The molecule has 2 aliphatic rings. The van der Waals surface area contributed by atoms with Crippen LogP contribution in [0.1, 0.15) is 38.5 Å². The first-order valence-electron chi connectivity index (χ1n) is 7.10. The van der Waals surface area contributed by atoms with Crippen LogP contribution in [0.25, 0.3) is 0 Å². The summed E-state index contributed by atoms with van der Waals surface area (Å²) in [6, 6.07) is 0.225. The third-order valence-corrected chi connectivity index (χ3v) is 4.33. The lowest BCUT2D eigenvalue weighted by Gasteiger charge is -2.40. The molecule has 0 aromatic heterocycles. The smallest absolute Gasteiger partial charge is 0.393 e. The molecule has 2 fully saturated rings. The van der Waals surface area contributed by atoms with Crippen molar-refractivity contribution in [2.45, 2.75) is 57.0 Å². The van der Waals surface area contributed by atoms with Crippen LogP contribution >= 0.6 is 0 Å². The summed E-state index contributed by atoms with van der Waals surface area (Å²) in [7, 11) is 0. The Kier molecular flexibility index (Phi) is 5.09. The highest BCUT2D eigenvalue weighted by molar-refractivity contribution is 4.90. The molecule has 1 aliphatic heterocycles. The molecule has 0 bridgehead atoms. The Morgan fingerprint density at radius 1 is 1.11 bits per heavy atom. The van der Waals surface area contributed by atoms with Gasteiger partial charge in [0.05, 0.1) is 12.7 Å². The van der Waals surface area contributed by atoms with Gasteiger partial charge in [-0.1, -0.05) is 12.8 Å². The molecule has 112 valence electrons. The fourth-order valence-corrected chi connectivity index (χ4v) is 3.48. The maximum Gasteiger partial charge on any atom is 0.522 e.